The highest BCUT2D eigenvalue weighted by molar-refractivity contribution is 5.43. The Balaban J connectivity index is 2.11. The highest BCUT2D eigenvalue weighted by Gasteiger charge is 2.22. The van der Waals surface area contributed by atoms with Gasteiger partial charge in [0.1, 0.15) is 0 Å². The molecular weight excluding hydrogens is 256 g/mol. The van der Waals surface area contributed by atoms with Gasteiger partial charge in [-0.1, -0.05) is 0 Å². The van der Waals surface area contributed by atoms with E-state index < -0.39 is 0 Å². The predicted octanol–water partition coefficient (Wildman–Crippen LogP) is -0.389. The SMILES string of the molecule is CN1CCC(CN(C)c2nc(NN)nc(N(C)C)n2)C1. The second-order valence-corrected chi connectivity index (χ2v) is 5.60. The number of nitrogens with one attached hydrogen (secondary N) is 1. The zero-order valence-corrected chi connectivity index (χ0v) is 12.7. The quantitative estimate of drug-likeness (QED) is 0.557. The van der Waals surface area contributed by atoms with E-state index in [9.17, 15) is 0 Å². The first kappa shape index (κ1) is 14.7. The first-order valence-corrected chi connectivity index (χ1v) is 6.79. The van der Waals surface area contributed by atoms with Crippen LogP contribution in [0.5, 0.6) is 0 Å². The van der Waals surface area contributed by atoms with E-state index in [0.29, 0.717) is 23.8 Å². The first-order valence-electron chi connectivity index (χ1n) is 6.79. The molecule has 112 valence electrons. The predicted molar refractivity (Wildman–Crippen MR) is 80.8 cm³/mol. The molecule has 1 aromatic rings. The third-order valence-corrected chi connectivity index (χ3v) is 3.50. The Morgan fingerprint density at radius 2 is 1.95 bits per heavy atom. The third kappa shape index (κ3) is 3.45. The van der Waals surface area contributed by atoms with Gasteiger partial charge in [-0.2, -0.15) is 15.0 Å². The zero-order chi connectivity index (χ0) is 14.7. The lowest BCUT2D eigenvalue weighted by atomic mass is 10.1. The van der Waals surface area contributed by atoms with E-state index >= 15 is 0 Å². The van der Waals surface area contributed by atoms with Crippen molar-refractivity contribution in [2.75, 3.05) is 63.1 Å². The number of nitrogens with zero attached hydrogens (tertiary/aromatic N) is 6. The molecule has 0 amide bonds. The lowest BCUT2D eigenvalue weighted by Crippen LogP contribution is -2.30. The van der Waals surface area contributed by atoms with E-state index in [1.807, 2.05) is 26.0 Å². The van der Waals surface area contributed by atoms with Gasteiger partial charge in [0.2, 0.25) is 17.8 Å². The van der Waals surface area contributed by atoms with Gasteiger partial charge in [0.05, 0.1) is 0 Å². The highest BCUT2D eigenvalue weighted by Crippen LogP contribution is 2.19. The van der Waals surface area contributed by atoms with E-state index in [4.69, 9.17) is 5.84 Å². The molecule has 1 aromatic heterocycles. The maximum atomic E-state index is 5.42. The Hall–Kier alpha value is -1.67. The molecule has 0 saturated carbocycles. The minimum atomic E-state index is 0.383. The normalized spacial score (nSPS) is 19.1. The van der Waals surface area contributed by atoms with Gasteiger partial charge in [-0.25, -0.2) is 5.84 Å². The molecule has 1 fully saturated rings. The van der Waals surface area contributed by atoms with Crippen molar-refractivity contribution in [2.45, 2.75) is 6.42 Å². The van der Waals surface area contributed by atoms with Crippen LogP contribution in [0.4, 0.5) is 17.8 Å². The molecule has 0 aliphatic carbocycles. The fraction of sp³-hybridized carbons (Fsp3) is 0.750. The van der Waals surface area contributed by atoms with Gasteiger partial charge < -0.3 is 14.7 Å². The van der Waals surface area contributed by atoms with Gasteiger partial charge >= 0.3 is 0 Å². The van der Waals surface area contributed by atoms with Crippen LogP contribution in [0.2, 0.25) is 0 Å². The van der Waals surface area contributed by atoms with E-state index in [0.717, 1.165) is 19.6 Å². The number of likely N-dealkylation sites (tertiary alicyclic amines) is 1. The van der Waals surface area contributed by atoms with Crippen LogP contribution in [0.25, 0.3) is 0 Å². The van der Waals surface area contributed by atoms with E-state index in [1.165, 1.54) is 6.42 Å². The molecule has 1 atom stereocenters. The summed E-state index contributed by atoms with van der Waals surface area (Å²) in [7, 11) is 7.95. The molecule has 2 heterocycles. The van der Waals surface area contributed by atoms with Crippen LogP contribution < -0.4 is 21.1 Å². The van der Waals surface area contributed by atoms with Gasteiger partial charge in [-0.15, -0.1) is 0 Å². The molecule has 1 saturated heterocycles. The fourth-order valence-corrected chi connectivity index (χ4v) is 2.43. The first-order chi connectivity index (χ1) is 9.49. The van der Waals surface area contributed by atoms with E-state index in [2.05, 4.69) is 37.2 Å². The van der Waals surface area contributed by atoms with Crippen molar-refractivity contribution in [1.82, 2.24) is 19.9 Å². The fourth-order valence-electron chi connectivity index (χ4n) is 2.43. The van der Waals surface area contributed by atoms with Crippen LogP contribution >= 0.6 is 0 Å². The Morgan fingerprint density at radius 1 is 1.25 bits per heavy atom. The highest BCUT2D eigenvalue weighted by atomic mass is 15.4. The monoisotopic (exact) mass is 280 g/mol. The van der Waals surface area contributed by atoms with Crippen molar-refractivity contribution in [3.05, 3.63) is 0 Å². The van der Waals surface area contributed by atoms with Gasteiger partial charge in [-0.05, 0) is 25.9 Å². The van der Waals surface area contributed by atoms with Crippen LogP contribution in [-0.4, -0.2) is 67.7 Å². The average Bonchev–Trinajstić information content (AvgIpc) is 2.83. The van der Waals surface area contributed by atoms with Crippen molar-refractivity contribution in [3.8, 4) is 0 Å². The molecule has 1 unspecified atom stereocenters. The Labute approximate surface area is 120 Å². The smallest absolute Gasteiger partial charge is 0.243 e. The summed E-state index contributed by atoms with van der Waals surface area (Å²) in [4.78, 5) is 19.3. The Morgan fingerprint density at radius 3 is 2.50 bits per heavy atom. The molecular formula is C12H24N8. The topological polar surface area (TPSA) is 86.4 Å². The number of nitrogen functional groups attached to an aromatic ring is 1. The second kappa shape index (κ2) is 6.19. The zero-order valence-electron chi connectivity index (χ0n) is 12.7. The minimum absolute atomic E-state index is 0.383. The van der Waals surface area contributed by atoms with Gasteiger partial charge in [-0.3, -0.25) is 5.43 Å². The molecule has 0 spiro atoms. The number of anilines is 3. The molecule has 1 aliphatic rings. The number of hydrogen-bond acceptors (Lipinski definition) is 8. The minimum Gasteiger partial charge on any atom is -0.347 e. The lowest BCUT2D eigenvalue weighted by Gasteiger charge is -2.22. The maximum absolute atomic E-state index is 5.42. The van der Waals surface area contributed by atoms with Crippen LogP contribution in [0.1, 0.15) is 6.42 Å². The number of nitrogens with two attached hydrogens (primary N) is 1. The van der Waals surface area contributed by atoms with Crippen molar-refractivity contribution >= 4 is 17.8 Å². The van der Waals surface area contributed by atoms with Crippen LogP contribution in [0.15, 0.2) is 0 Å². The summed E-state index contributed by atoms with van der Waals surface area (Å²) in [6, 6.07) is 0. The maximum Gasteiger partial charge on any atom is 0.243 e. The van der Waals surface area contributed by atoms with E-state index in [1.54, 1.807) is 0 Å². The molecule has 0 bridgehead atoms. The molecule has 2 rings (SSSR count). The molecule has 8 nitrogen and oxygen atoms in total. The van der Waals surface area contributed by atoms with Crippen molar-refractivity contribution in [3.63, 3.8) is 0 Å². The summed E-state index contributed by atoms with van der Waals surface area (Å²) >= 11 is 0. The molecule has 3 N–H and O–H groups in total. The average molecular weight is 280 g/mol. The summed E-state index contributed by atoms with van der Waals surface area (Å²) < 4.78 is 0. The van der Waals surface area contributed by atoms with Crippen molar-refractivity contribution in [2.24, 2.45) is 11.8 Å². The third-order valence-electron chi connectivity index (χ3n) is 3.50. The molecule has 0 aromatic carbocycles. The Bertz CT molecular complexity index is 449. The number of aromatic nitrogens is 3. The summed E-state index contributed by atoms with van der Waals surface area (Å²) in [6.45, 7) is 3.22. The summed E-state index contributed by atoms with van der Waals surface area (Å²) in [5, 5.41) is 0. The van der Waals surface area contributed by atoms with Crippen LogP contribution in [-0.2, 0) is 0 Å². The molecule has 8 heteroatoms. The molecule has 0 radical (unpaired) electrons. The molecule has 20 heavy (non-hydrogen) atoms. The second-order valence-electron chi connectivity index (χ2n) is 5.60. The largest absolute Gasteiger partial charge is 0.347 e. The van der Waals surface area contributed by atoms with Gasteiger partial charge in [0.15, 0.2) is 0 Å². The van der Waals surface area contributed by atoms with E-state index in [-0.39, 0.29) is 0 Å². The van der Waals surface area contributed by atoms with Crippen LogP contribution in [0.3, 0.4) is 0 Å². The summed E-state index contributed by atoms with van der Waals surface area (Å²) in [5.74, 6) is 7.70. The van der Waals surface area contributed by atoms with Gasteiger partial charge in [0.25, 0.3) is 0 Å². The van der Waals surface area contributed by atoms with Crippen molar-refractivity contribution in [1.29, 1.82) is 0 Å². The number of rotatable bonds is 5. The number of hydrogen-bond donors (Lipinski definition) is 2. The molecule has 1 aliphatic heterocycles. The Kier molecular flexibility index (Phi) is 4.56. The van der Waals surface area contributed by atoms with Crippen molar-refractivity contribution < 1.29 is 0 Å². The van der Waals surface area contributed by atoms with Gasteiger partial charge in [0, 0.05) is 34.2 Å². The number of hydrazine groups is 1. The lowest BCUT2D eigenvalue weighted by molar-refractivity contribution is 0.395. The summed E-state index contributed by atoms with van der Waals surface area (Å²) in [5.41, 5.74) is 2.49. The standard InChI is InChI=1S/C12H24N8/c1-18(2)11-14-10(17-13)15-12(16-11)20(4)8-9-5-6-19(3)7-9/h9H,5-8,13H2,1-4H3,(H,14,15,16,17). The summed E-state index contributed by atoms with van der Waals surface area (Å²) in [6.07, 6.45) is 1.22. The van der Waals surface area contributed by atoms with Crippen LogP contribution in [0, 0.1) is 5.92 Å².